The van der Waals surface area contributed by atoms with E-state index in [1.807, 2.05) is 31.2 Å². The summed E-state index contributed by atoms with van der Waals surface area (Å²) in [6, 6.07) is 7.55. The highest BCUT2D eigenvalue weighted by Crippen LogP contribution is 2.16. The molecule has 2 heterocycles. The molecule has 2 aliphatic heterocycles. The van der Waals surface area contributed by atoms with Crippen molar-refractivity contribution in [2.24, 2.45) is 5.10 Å². The van der Waals surface area contributed by atoms with Crippen LogP contribution in [-0.2, 0) is 14.4 Å². The molecule has 0 aliphatic carbocycles. The number of amides is 3. The summed E-state index contributed by atoms with van der Waals surface area (Å²) in [4.78, 5) is 39.2. The van der Waals surface area contributed by atoms with E-state index in [4.69, 9.17) is 4.74 Å². The van der Waals surface area contributed by atoms with Gasteiger partial charge in [0.05, 0.1) is 0 Å². The van der Waals surface area contributed by atoms with Gasteiger partial charge in [-0.15, -0.1) is 0 Å². The van der Waals surface area contributed by atoms with E-state index >= 15 is 0 Å². The number of hydrazone groups is 1. The highest BCUT2D eigenvalue weighted by molar-refractivity contribution is 6.39. The van der Waals surface area contributed by atoms with E-state index in [-0.39, 0.29) is 30.7 Å². The number of nitrogens with one attached hydrogen (secondary N) is 1. The van der Waals surface area contributed by atoms with Gasteiger partial charge < -0.3 is 14.5 Å². The Morgan fingerprint density at radius 2 is 1.81 bits per heavy atom. The third-order valence-corrected chi connectivity index (χ3v) is 4.52. The molecule has 2 aliphatic rings. The second kappa shape index (κ2) is 7.99. The molecule has 0 aromatic heterocycles. The summed E-state index contributed by atoms with van der Waals surface area (Å²) in [7, 11) is 0. The van der Waals surface area contributed by atoms with E-state index in [9.17, 15) is 14.4 Å². The second-order valence-corrected chi connectivity index (χ2v) is 6.32. The summed E-state index contributed by atoms with van der Waals surface area (Å²) in [5, 5.41) is 3.84. The van der Waals surface area contributed by atoms with Crippen LogP contribution in [0.3, 0.4) is 0 Å². The molecule has 0 unspecified atom stereocenters. The Balaban J connectivity index is 1.47. The van der Waals surface area contributed by atoms with Crippen LogP contribution in [0.1, 0.15) is 18.4 Å². The number of nitrogens with zero attached hydrogens (tertiary/aromatic N) is 3. The van der Waals surface area contributed by atoms with E-state index in [0.29, 0.717) is 44.1 Å². The lowest BCUT2D eigenvalue weighted by Crippen LogP contribution is -2.53. The van der Waals surface area contributed by atoms with Crippen LogP contribution < -0.4 is 10.2 Å². The first kappa shape index (κ1) is 17.9. The van der Waals surface area contributed by atoms with Crippen LogP contribution in [0.2, 0.25) is 0 Å². The van der Waals surface area contributed by atoms with Crippen LogP contribution in [0.5, 0.6) is 5.75 Å². The number of hydrogen-bond donors (Lipinski definition) is 1. The quantitative estimate of drug-likeness (QED) is 0.839. The number of carbonyl (C=O) groups excluding carboxylic acids is 3. The Morgan fingerprint density at radius 3 is 2.46 bits per heavy atom. The first-order valence-corrected chi connectivity index (χ1v) is 8.65. The number of piperazine rings is 1. The van der Waals surface area contributed by atoms with Gasteiger partial charge in [0, 0.05) is 39.0 Å². The van der Waals surface area contributed by atoms with Gasteiger partial charge in [-0.05, 0) is 18.6 Å². The Labute approximate surface area is 151 Å². The maximum atomic E-state index is 12.4. The summed E-state index contributed by atoms with van der Waals surface area (Å²) in [6.45, 7) is 3.73. The molecule has 1 aromatic carbocycles. The molecule has 3 rings (SSSR count). The van der Waals surface area contributed by atoms with Gasteiger partial charge in [0.1, 0.15) is 11.5 Å². The van der Waals surface area contributed by atoms with Crippen LogP contribution in [0, 0.1) is 6.92 Å². The Hall–Kier alpha value is -2.90. The molecular weight excluding hydrogens is 336 g/mol. The molecule has 1 aromatic rings. The fourth-order valence-corrected chi connectivity index (χ4v) is 2.92. The minimum atomic E-state index is -0.175. The van der Waals surface area contributed by atoms with Crippen molar-refractivity contribution in [3.05, 3.63) is 29.8 Å². The third-order valence-electron chi connectivity index (χ3n) is 4.52. The Bertz CT molecular complexity index is 738. The van der Waals surface area contributed by atoms with Crippen LogP contribution in [-0.4, -0.2) is 66.0 Å². The van der Waals surface area contributed by atoms with Crippen LogP contribution in [0.15, 0.2) is 29.4 Å². The van der Waals surface area contributed by atoms with E-state index < -0.39 is 0 Å². The van der Waals surface area contributed by atoms with E-state index in [1.54, 1.807) is 9.80 Å². The number of hydrogen-bond acceptors (Lipinski definition) is 5. The molecule has 1 N–H and O–H groups in total. The van der Waals surface area contributed by atoms with Gasteiger partial charge in [0.25, 0.3) is 11.8 Å². The lowest BCUT2D eigenvalue weighted by Gasteiger charge is -2.35. The standard InChI is InChI=1S/C18H22N4O4/c1-13-4-2-3-5-15(13)26-12-17(24)21-8-10-22(11-9-21)18(25)14-6-7-16(23)20-19-14/h2-5H,6-12H2,1H3,(H,20,23). The molecule has 26 heavy (non-hydrogen) atoms. The molecular formula is C18H22N4O4. The maximum absolute atomic E-state index is 12.4. The Kier molecular flexibility index (Phi) is 5.50. The lowest BCUT2D eigenvalue weighted by atomic mass is 10.1. The maximum Gasteiger partial charge on any atom is 0.270 e. The first-order valence-electron chi connectivity index (χ1n) is 8.65. The topological polar surface area (TPSA) is 91.3 Å². The number of carbonyl (C=O) groups is 3. The summed E-state index contributed by atoms with van der Waals surface area (Å²) < 4.78 is 5.60. The number of ether oxygens (including phenoxy) is 1. The molecule has 0 atom stereocenters. The first-order chi connectivity index (χ1) is 12.5. The summed E-state index contributed by atoms with van der Waals surface area (Å²) in [6.07, 6.45) is 0.632. The predicted octanol–water partition coefficient (Wildman–Crippen LogP) is 0.311. The summed E-state index contributed by atoms with van der Waals surface area (Å²) >= 11 is 0. The smallest absolute Gasteiger partial charge is 0.270 e. The van der Waals surface area contributed by atoms with Crippen molar-refractivity contribution in [2.45, 2.75) is 19.8 Å². The summed E-state index contributed by atoms with van der Waals surface area (Å²) in [5.74, 6) is 0.258. The second-order valence-electron chi connectivity index (χ2n) is 6.32. The number of rotatable bonds is 4. The van der Waals surface area contributed by atoms with Crippen molar-refractivity contribution in [2.75, 3.05) is 32.8 Å². The zero-order valence-corrected chi connectivity index (χ0v) is 14.7. The molecule has 1 saturated heterocycles. The van der Waals surface area contributed by atoms with Crippen molar-refractivity contribution in [1.82, 2.24) is 15.2 Å². The van der Waals surface area contributed by atoms with Crippen LogP contribution >= 0.6 is 0 Å². The summed E-state index contributed by atoms with van der Waals surface area (Å²) in [5.41, 5.74) is 3.69. The van der Waals surface area contributed by atoms with Crippen molar-refractivity contribution >= 4 is 23.4 Å². The van der Waals surface area contributed by atoms with Crippen molar-refractivity contribution in [3.8, 4) is 5.75 Å². The van der Waals surface area contributed by atoms with Gasteiger partial charge in [-0.3, -0.25) is 14.4 Å². The largest absolute Gasteiger partial charge is 0.484 e. The van der Waals surface area contributed by atoms with E-state index in [1.165, 1.54) is 0 Å². The van der Waals surface area contributed by atoms with Gasteiger partial charge >= 0.3 is 0 Å². The molecule has 138 valence electrons. The van der Waals surface area contributed by atoms with Crippen LogP contribution in [0.4, 0.5) is 0 Å². The van der Waals surface area contributed by atoms with Crippen LogP contribution in [0.25, 0.3) is 0 Å². The van der Waals surface area contributed by atoms with Gasteiger partial charge in [0.2, 0.25) is 5.91 Å². The number of para-hydroxylation sites is 1. The normalized spacial score (nSPS) is 17.4. The molecule has 0 saturated carbocycles. The third kappa shape index (κ3) is 4.19. The minimum Gasteiger partial charge on any atom is -0.484 e. The molecule has 0 bridgehead atoms. The molecule has 8 nitrogen and oxygen atoms in total. The molecule has 0 radical (unpaired) electrons. The average molecular weight is 358 g/mol. The monoisotopic (exact) mass is 358 g/mol. The van der Waals surface area contributed by atoms with Gasteiger partial charge in [-0.2, -0.15) is 5.10 Å². The molecule has 0 spiro atoms. The number of benzene rings is 1. The van der Waals surface area contributed by atoms with E-state index in [0.717, 1.165) is 5.56 Å². The van der Waals surface area contributed by atoms with Crippen molar-refractivity contribution < 1.29 is 19.1 Å². The zero-order valence-electron chi connectivity index (χ0n) is 14.7. The molecule has 3 amide bonds. The Morgan fingerprint density at radius 1 is 1.12 bits per heavy atom. The van der Waals surface area contributed by atoms with E-state index in [2.05, 4.69) is 10.5 Å². The molecule has 8 heteroatoms. The van der Waals surface area contributed by atoms with Gasteiger partial charge in [0.15, 0.2) is 6.61 Å². The van der Waals surface area contributed by atoms with Gasteiger partial charge in [-0.25, -0.2) is 5.43 Å². The average Bonchev–Trinajstić information content (AvgIpc) is 2.67. The minimum absolute atomic E-state index is 0.0163. The van der Waals surface area contributed by atoms with Gasteiger partial charge in [-0.1, -0.05) is 18.2 Å². The van der Waals surface area contributed by atoms with Crippen molar-refractivity contribution in [3.63, 3.8) is 0 Å². The number of aryl methyl sites for hydroxylation is 1. The predicted molar refractivity (Wildman–Crippen MR) is 94.6 cm³/mol. The van der Waals surface area contributed by atoms with Crippen molar-refractivity contribution in [1.29, 1.82) is 0 Å². The zero-order chi connectivity index (χ0) is 18.5. The fraction of sp³-hybridized carbons (Fsp3) is 0.444. The lowest BCUT2D eigenvalue weighted by molar-refractivity contribution is -0.138. The fourth-order valence-electron chi connectivity index (χ4n) is 2.92. The highest BCUT2D eigenvalue weighted by Gasteiger charge is 2.28. The highest BCUT2D eigenvalue weighted by atomic mass is 16.5. The molecule has 1 fully saturated rings. The SMILES string of the molecule is Cc1ccccc1OCC(=O)N1CCN(C(=O)C2=NNC(=O)CC2)CC1.